The molecule has 1 aromatic rings. The van der Waals surface area contributed by atoms with Crippen molar-refractivity contribution in [2.24, 2.45) is 0 Å². The van der Waals surface area contributed by atoms with Gasteiger partial charge in [0.25, 0.3) is 0 Å². The summed E-state index contributed by atoms with van der Waals surface area (Å²) in [5, 5.41) is 2.75. The zero-order valence-electron chi connectivity index (χ0n) is 9.17. The minimum atomic E-state index is -0.327. The Labute approximate surface area is 103 Å². The summed E-state index contributed by atoms with van der Waals surface area (Å²) in [6.45, 7) is 2.63. The number of hydrogen-bond acceptors (Lipinski definition) is 1. The lowest BCUT2D eigenvalue weighted by Crippen LogP contribution is -2.27. The summed E-state index contributed by atoms with van der Waals surface area (Å²) in [6.07, 6.45) is 0.965. The molecule has 0 aliphatic carbocycles. The fraction of sp³-hybridized carbons (Fsp3) is 0.417. The van der Waals surface area contributed by atoms with Crippen molar-refractivity contribution >= 4 is 21.8 Å². The Bertz CT molecular complexity index is 355. The molecule has 16 heavy (non-hydrogen) atoms. The molecule has 1 atom stereocenters. The molecule has 0 fully saturated rings. The quantitative estimate of drug-likeness (QED) is 0.829. The van der Waals surface area contributed by atoms with Crippen LogP contribution in [0.4, 0.5) is 4.39 Å². The van der Waals surface area contributed by atoms with Crippen LogP contribution in [0.25, 0.3) is 0 Å². The van der Waals surface area contributed by atoms with Crippen LogP contribution in [0.3, 0.4) is 0 Å². The van der Waals surface area contributed by atoms with E-state index < -0.39 is 0 Å². The smallest absolute Gasteiger partial charge is 0.224 e. The molecule has 1 aromatic carbocycles. The van der Waals surface area contributed by atoms with Crippen LogP contribution in [-0.2, 0) is 11.2 Å². The molecule has 1 N–H and O–H groups in total. The molecule has 0 saturated heterocycles. The molecule has 0 radical (unpaired) electrons. The summed E-state index contributed by atoms with van der Waals surface area (Å²) in [6, 6.07) is 6.33. The number of alkyl halides is 1. The number of carbonyl (C=O) groups is 1. The minimum absolute atomic E-state index is 0.101. The van der Waals surface area contributed by atoms with Crippen LogP contribution in [0.15, 0.2) is 24.3 Å². The Balaban J connectivity index is 2.37. The van der Waals surface area contributed by atoms with Gasteiger partial charge in [0.1, 0.15) is 5.82 Å². The second-order valence-corrected chi connectivity index (χ2v) is 5.25. The van der Waals surface area contributed by atoms with Gasteiger partial charge in [0.05, 0.1) is 6.42 Å². The third kappa shape index (κ3) is 4.75. The average molecular weight is 288 g/mol. The van der Waals surface area contributed by atoms with Crippen LogP contribution in [0, 0.1) is 5.82 Å². The van der Waals surface area contributed by atoms with Gasteiger partial charge in [-0.2, -0.15) is 0 Å². The number of halogens is 2. The van der Waals surface area contributed by atoms with E-state index in [-0.39, 0.29) is 18.1 Å². The first kappa shape index (κ1) is 13.2. The fourth-order valence-electron chi connectivity index (χ4n) is 1.29. The summed E-state index contributed by atoms with van der Waals surface area (Å²) in [5.41, 5.74) is 0.437. The van der Waals surface area contributed by atoms with E-state index in [1.165, 1.54) is 6.07 Å². The largest absolute Gasteiger partial charge is 0.356 e. The summed E-state index contributed by atoms with van der Waals surface area (Å²) in [5.74, 6) is -0.468. The molecule has 88 valence electrons. The van der Waals surface area contributed by atoms with Crippen LogP contribution in [0.5, 0.6) is 0 Å². The lowest BCUT2D eigenvalue weighted by atomic mass is 10.1. The second kappa shape index (κ2) is 6.63. The number of nitrogens with one attached hydrogen (secondary N) is 1. The maximum Gasteiger partial charge on any atom is 0.224 e. The lowest BCUT2D eigenvalue weighted by molar-refractivity contribution is -0.120. The molecule has 1 unspecified atom stereocenters. The highest BCUT2D eigenvalue weighted by atomic mass is 79.9. The predicted molar refractivity (Wildman–Crippen MR) is 66.1 cm³/mol. The molecule has 0 aliphatic rings. The molecule has 1 amide bonds. The number of benzene rings is 1. The molecule has 0 saturated carbocycles. The first-order valence-electron chi connectivity index (χ1n) is 5.23. The van der Waals surface area contributed by atoms with Crippen molar-refractivity contribution in [3.05, 3.63) is 35.6 Å². The van der Waals surface area contributed by atoms with Crippen molar-refractivity contribution in [1.29, 1.82) is 0 Å². The van der Waals surface area contributed by atoms with Gasteiger partial charge in [-0.3, -0.25) is 4.79 Å². The van der Waals surface area contributed by atoms with E-state index in [1.54, 1.807) is 18.2 Å². The normalized spacial score (nSPS) is 12.2. The molecule has 2 nitrogen and oxygen atoms in total. The minimum Gasteiger partial charge on any atom is -0.356 e. The molecule has 0 heterocycles. The highest BCUT2D eigenvalue weighted by Crippen LogP contribution is 2.07. The van der Waals surface area contributed by atoms with E-state index in [0.29, 0.717) is 16.9 Å². The zero-order valence-corrected chi connectivity index (χ0v) is 10.8. The third-order valence-corrected chi connectivity index (χ3v) is 2.63. The summed E-state index contributed by atoms with van der Waals surface area (Å²) < 4.78 is 13.2. The van der Waals surface area contributed by atoms with Crippen LogP contribution in [-0.4, -0.2) is 17.3 Å². The van der Waals surface area contributed by atoms with Gasteiger partial charge < -0.3 is 5.32 Å². The number of carbonyl (C=O) groups excluding carboxylic acids is 1. The SMILES string of the molecule is CC(Br)CCNC(=O)Cc1ccccc1F. The molecular formula is C12H15BrFNO. The number of hydrogen-bond donors (Lipinski definition) is 1. The summed E-state index contributed by atoms with van der Waals surface area (Å²) >= 11 is 3.39. The average Bonchev–Trinajstić information content (AvgIpc) is 2.21. The van der Waals surface area contributed by atoms with Crippen molar-refractivity contribution in [3.8, 4) is 0 Å². The van der Waals surface area contributed by atoms with Crippen molar-refractivity contribution in [2.75, 3.05) is 6.54 Å². The lowest BCUT2D eigenvalue weighted by Gasteiger charge is -2.06. The standard InChI is InChI=1S/C12H15BrFNO/c1-9(13)6-7-15-12(16)8-10-4-2-3-5-11(10)14/h2-5,9H,6-8H2,1H3,(H,15,16). The zero-order chi connectivity index (χ0) is 12.0. The van der Waals surface area contributed by atoms with Crippen LogP contribution in [0.2, 0.25) is 0 Å². The third-order valence-electron chi connectivity index (χ3n) is 2.17. The van der Waals surface area contributed by atoms with Crippen molar-refractivity contribution < 1.29 is 9.18 Å². The fourth-order valence-corrected chi connectivity index (χ4v) is 1.52. The number of rotatable bonds is 5. The predicted octanol–water partition coefficient (Wildman–Crippen LogP) is 2.66. The number of amides is 1. The Morgan fingerprint density at radius 2 is 2.19 bits per heavy atom. The van der Waals surface area contributed by atoms with Gasteiger partial charge in [-0.05, 0) is 18.1 Å². The topological polar surface area (TPSA) is 29.1 Å². The molecule has 0 bridgehead atoms. The van der Waals surface area contributed by atoms with E-state index in [4.69, 9.17) is 0 Å². The Kier molecular flexibility index (Phi) is 5.46. The van der Waals surface area contributed by atoms with Crippen LogP contribution < -0.4 is 5.32 Å². The maximum atomic E-state index is 13.2. The van der Waals surface area contributed by atoms with Gasteiger partial charge in [0.15, 0.2) is 0 Å². The van der Waals surface area contributed by atoms with Gasteiger partial charge in [-0.25, -0.2) is 4.39 Å². The van der Waals surface area contributed by atoms with E-state index in [2.05, 4.69) is 21.2 Å². The molecule has 0 aromatic heterocycles. The molecule has 4 heteroatoms. The van der Waals surface area contributed by atoms with Crippen LogP contribution >= 0.6 is 15.9 Å². The summed E-state index contributed by atoms with van der Waals surface area (Å²) in [4.78, 5) is 11.8. The monoisotopic (exact) mass is 287 g/mol. The molecule has 0 aliphatic heterocycles. The molecule has 1 rings (SSSR count). The van der Waals surface area contributed by atoms with E-state index in [0.717, 1.165) is 6.42 Å². The van der Waals surface area contributed by atoms with E-state index in [1.807, 2.05) is 6.92 Å². The highest BCUT2D eigenvalue weighted by molar-refractivity contribution is 9.09. The highest BCUT2D eigenvalue weighted by Gasteiger charge is 2.07. The summed E-state index contributed by atoms with van der Waals surface area (Å²) in [7, 11) is 0. The van der Waals surface area contributed by atoms with Gasteiger partial charge >= 0.3 is 0 Å². The van der Waals surface area contributed by atoms with E-state index >= 15 is 0 Å². The first-order valence-corrected chi connectivity index (χ1v) is 6.15. The molecular weight excluding hydrogens is 273 g/mol. The van der Waals surface area contributed by atoms with Gasteiger partial charge in [0.2, 0.25) is 5.91 Å². The van der Waals surface area contributed by atoms with Crippen LogP contribution in [0.1, 0.15) is 18.9 Å². The van der Waals surface area contributed by atoms with Gasteiger partial charge in [-0.1, -0.05) is 41.1 Å². The van der Waals surface area contributed by atoms with E-state index in [9.17, 15) is 9.18 Å². The second-order valence-electron chi connectivity index (χ2n) is 3.69. The first-order chi connectivity index (χ1) is 7.59. The van der Waals surface area contributed by atoms with Crippen molar-refractivity contribution in [1.82, 2.24) is 5.32 Å². The maximum absolute atomic E-state index is 13.2. The van der Waals surface area contributed by atoms with Crippen molar-refractivity contribution in [2.45, 2.75) is 24.6 Å². The Morgan fingerprint density at radius 3 is 2.81 bits per heavy atom. The van der Waals surface area contributed by atoms with Gasteiger partial charge in [0, 0.05) is 11.4 Å². The molecule has 0 spiro atoms. The van der Waals surface area contributed by atoms with Crippen molar-refractivity contribution in [3.63, 3.8) is 0 Å². The Hall–Kier alpha value is -0.900. The Morgan fingerprint density at radius 1 is 1.50 bits per heavy atom. The van der Waals surface area contributed by atoms with Gasteiger partial charge in [-0.15, -0.1) is 0 Å².